The first-order valence-electron chi connectivity index (χ1n) is 9.44. The second-order valence-corrected chi connectivity index (χ2v) is 9.23. The van der Waals surface area contributed by atoms with Crippen molar-refractivity contribution in [1.29, 1.82) is 5.26 Å². The molecule has 1 aromatic rings. The fraction of sp³-hybridized carbons (Fsp3) is 0.238. The number of carboxylic acids is 1. The Morgan fingerprint density at radius 2 is 2.10 bits per heavy atom. The third-order valence-electron chi connectivity index (χ3n) is 4.91. The Morgan fingerprint density at radius 3 is 2.81 bits per heavy atom. The van der Waals surface area contributed by atoms with Gasteiger partial charge < -0.3 is 15.3 Å². The largest absolute Gasteiger partial charge is 0.477 e. The molecule has 0 aromatic heterocycles. The van der Waals surface area contributed by atoms with Crippen molar-refractivity contribution in [1.82, 2.24) is 10.2 Å². The highest BCUT2D eigenvalue weighted by atomic mass is 32.2. The van der Waals surface area contributed by atoms with E-state index < -0.39 is 29.2 Å². The van der Waals surface area contributed by atoms with Crippen molar-refractivity contribution in [2.75, 3.05) is 17.2 Å². The molecule has 0 spiro atoms. The minimum atomic E-state index is -1.17. The standard InChI is InChI=1S/C21H18N4O4S2/c22-9-8-16(26)23-17-19(27)25-18(21(28)29)15(12-30-20(17)25)31-14-7-4-10-24(11-14)13-5-2-1-3-6-13/h1-7,10,17,20H,8,11-12H2,(H,23,26)(H,28,29)/t17-,20+/m1/s1. The number of fused-ring (bicyclic) bond motifs is 1. The number of nitriles is 1. The molecule has 1 aromatic carbocycles. The molecule has 3 aliphatic rings. The molecular weight excluding hydrogens is 436 g/mol. The minimum Gasteiger partial charge on any atom is -0.477 e. The van der Waals surface area contributed by atoms with Gasteiger partial charge in [0.25, 0.3) is 5.91 Å². The smallest absolute Gasteiger partial charge is 0.353 e. The van der Waals surface area contributed by atoms with Crippen molar-refractivity contribution in [3.63, 3.8) is 0 Å². The summed E-state index contributed by atoms with van der Waals surface area (Å²) in [4.78, 5) is 41.2. The zero-order valence-corrected chi connectivity index (χ0v) is 17.9. The number of anilines is 1. The van der Waals surface area contributed by atoms with Crippen LogP contribution < -0.4 is 10.2 Å². The number of thioether (sulfide) groups is 2. The number of nitrogens with zero attached hydrogens (tertiary/aromatic N) is 3. The van der Waals surface area contributed by atoms with E-state index in [2.05, 4.69) is 10.2 Å². The normalized spacial score (nSPS) is 22.3. The summed E-state index contributed by atoms with van der Waals surface area (Å²) >= 11 is 2.77. The first kappa shape index (κ1) is 21.1. The number of para-hydroxylation sites is 1. The average Bonchev–Trinajstić information content (AvgIpc) is 2.78. The van der Waals surface area contributed by atoms with Crippen LogP contribution in [0.1, 0.15) is 6.42 Å². The van der Waals surface area contributed by atoms with Gasteiger partial charge in [-0.3, -0.25) is 14.5 Å². The van der Waals surface area contributed by atoms with Crippen LogP contribution in [0.4, 0.5) is 5.69 Å². The van der Waals surface area contributed by atoms with Crippen LogP contribution in [-0.2, 0) is 14.4 Å². The van der Waals surface area contributed by atoms with Crippen LogP contribution in [-0.4, -0.2) is 51.5 Å². The van der Waals surface area contributed by atoms with Crippen molar-refractivity contribution in [3.8, 4) is 6.07 Å². The van der Waals surface area contributed by atoms with E-state index in [1.54, 1.807) is 6.07 Å². The molecule has 0 bridgehead atoms. The lowest BCUT2D eigenvalue weighted by atomic mass is 10.0. The van der Waals surface area contributed by atoms with Gasteiger partial charge in [-0.05, 0) is 24.3 Å². The molecule has 158 valence electrons. The lowest BCUT2D eigenvalue weighted by Gasteiger charge is -2.49. The van der Waals surface area contributed by atoms with Gasteiger partial charge in [-0.1, -0.05) is 30.0 Å². The monoisotopic (exact) mass is 454 g/mol. The fourth-order valence-electron chi connectivity index (χ4n) is 3.51. The second kappa shape index (κ2) is 8.91. The molecule has 0 aliphatic carbocycles. The molecule has 2 atom stereocenters. The highest BCUT2D eigenvalue weighted by Crippen LogP contribution is 2.45. The Kier molecular flexibility index (Phi) is 6.06. The van der Waals surface area contributed by atoms with Crippen molar-refractivity contribution in [3.05, 3.63) is 64.2 Å². The summed E-state index contributed by atoms with van der Waals surface area (Å²) in [6, 6.07) is 10.8. The van der Waals surface area contributed by atoms with Crippen LogP contribution in [0.5, 0.6) is 0 Å². The zero-order valence-electron chi connectivity index (χ0n) is 16.2. The highest BCUT2D eigenvalue weighted by molar-refractivity contribution is 8.09. The number of hydrogen-bond acceptors (Lipinski definition) is 7. The van der Waals surface area contributed by atoms with E-state index in [1.165, 1.54) is 28.4 Å². The van der Waals surface area contributed by atoms with Crippen molar-refractivity contribution in [2.24, 2.45) is 0 Å². The lowest BCUT2D eigenvalue weighted by Crippen LogP contribution is -2.70. The molecule has 10 heteroatoms. The van der Waals surface area contributed by atoms with Crippen LogP contribution >= 0.6 is 23.5 Å². The number of carbonyl (C=O) groups excluding carboxylic acids is 2. The van der Waals surface area contributed by atoms with Crippen LogP contribution in [0, 0.1) is 11.3 Å². The number of amides is 2. The molecule has 8 nitrogen and oxygen atoms in total. The Hall–Kier alpha value is -3.16. The van der Waals surface area contributed by atoms with Crippen LogP contribution in [0.2, 0.25) is 0 Å². The Labute approximate surface area is 187 Å². The summed E-state index contributed by atoms with van der Waals surface area (Å²) in [6.45, 7) is 0.594. The summed E-state index contributed by atoms with van der Waals surface area (Å²) in [5.41, 5.74) is 0.996. The molecule has 31 heavy (non-hydrogen) atoms. The molecule has 1 saturated heterocycles. The molecule has 0 unspecified atom stereocenters. The number of carboxylic acid groups (broad SMARTS) is 1. The summed E-state index contributed by atoms with van der Waals surface area (Å²) in [5.74, 6) is -1.77. The van der Waals surface area contributed by atoms with Crippen molar-refractivity contribution < 1.29 is 19.5 Å². The molecule has 0 radical (unpaired) electrons. The fourth-order valence-corrected chi connectivity index (χ4v) is 6.10. The highest BCUT2D eigenvalue weighted by Gasteiger charge is 2.54. The van der Waals surface area contributed by atoms with E-state index in [-0.39, 0.29) is 12.1 Å². The van der Waals surface area contributed by atoms with Gasteiger partial charge in [0.15, 0.2) is 0 Å². The number of β-lactam (4-membered cyclic amide) rings is 1. The number of rotatable bonds is 6. The lowest BCUT2D eigenvalue weighted by molar-refractivity contribution is -0.150. The number of allylic oxidation sites excluding steroid dienone is 2. The van der Waals surface area contributed by atoms with Gasteiger partial charge in [-0.15, -0.1) is 11.8 Å². The summed E-state index contributed by atoms with van der Waals surface area (Å²) in [6.07, 6.45) is 5.47. The first-order valence-corrected chi connectivity index (χ1v) is 11.3. The molecule has 3 heterocycles. The van der Waals surface area contributed by atoms with Gasteiger partial charge in [0, 0.05) is 27.5 Å². The SMILES string of the molecule is N#CCC(=O)N[C@@H]1C(=O)N2C(C(=O)O)=C(SC3=CC=CN(c4ccccc4)C3)CS[C@@H]12. The van der Waals surface area contributed by atoms with Gasteiger partial charge in [0.2, 0.25) is 5.91 Å². The minimum absolute atomic E-state index is 0.0359. The number of aliphatic carboxylic acids is 1. The molecule has 4 rings (SSSR count). The third-order valence-corrected chi connectivity index (χ3v) is 7.48. The van der Waals surface area contributed by atoms with Crippen LogP contribution in [0.3, 0.4) is 0 Å². The van der Waals surface area contributed by atoms with Gasteiger partial charge in [0.05, 0.1) is 12.6 Å². The average molecular weight is 455 g/mol. The topological polar surface area (TPSA) is 114 Å². The van der Waals surface area contributed by atoms with Gasteiger partial charge >= 0.3 is 5.97 Å². The van der Waals surface area contributed by atoms with E-state index in [1.807, 2.05) is 48.7 Å². The molecule has 1 fully saturated rings. The van der Waals surface area contributed by atoms with Crippen LogP contribution in [0.25, 0.3) is 0 Å². The maximum atomic E-state index is 12.6. The molecule has 2 N–H and O–H groups in total. The first-order chi connectivity index (χ1) is 15.0. The molecule has 2 amide bonds. The Morgan fingerprint density at radius 1 is 1.32 bits per heavy atom. The predicted octanol–water partition coefficient (Wildman–Crippen LogP) is 2.25. The Bertz CT molecular complexity index is 1060. The number of benzene rings is 1. The van der Waals surface area contributed by atoms with E-state index in [0.717, 1.165) is 10.6 Å². The zero-order chi connectivity index (χ0) is 22.0. The van der Waals surface area contributed by atoms with E-state index >= 15 is 0 Å². The van der Waals surface area contributed by atoms with Crippen LogP contribution in [0.15, 0.2) is 64.2 Å². The van der Waals surface area contributed by atoms with E-state index in [4.69, 9.17) is 5.26 Å². The molecular formula is C21H18N4O4S2. The second-order valence-electron chi connectivity index (χ2n) is 6.91. The van der Waals surface area contributed by atoms with Crippen molar-refractivity contribution >= 4 is 47.0 Å². The third kappa shape index (κ3) is 4.19. The maximum Gasteiger partial charge on any atom is 0.353 e. The van der Waals surface area contributed by atoms with Crippen molar-refractivity contribution in [2.45, 2.75) is 17.8 Å². The van der Waals surface area contributed by atoms with Gasteiger partial charge in [-0.25, -0.2) is 4.79 Å². The van der Waals surface area contributed by atoms with Gasteiger partial charge in [0.1, 0.15) is 23.5 Å². The summed E-state index contributed by atoms with van der Waals surface area (Å²) < 4.78 is 0. The number of carbonyl (C=O) groups is 3. The summed E-state index contributed by atoms with van der Waals surface area (Å²) in [5, 5.41) is 20.5. The number of hydrogen-bond donors (Lipinski definition) is 2. The molecule has 0 saturated carbocycles. The number of nitrogens with one attached hydrogen (secondary N) is 1. The Balaban J connectivity index is 1.50. The predicted molar refractivity (Wildman–Crippen MR) is 119 cm³/mol. The maximum absolute atomic E-state index is 12.6. The van der Waals surface area contributed by atoms with Gasteiger partial charge in [-0.2, -0.15) is 5.26 Å². The summed E-state index contributed by atoms with van der Waals surface area (Å²) in [7, 11) is 0. The van der Waals surface area contributed by atoms with E-state index in [9.17, 15) is 19.5 Å². The molecule has 3 aliphatic heterocycles. The van der Waals surface area contributed by atoms with E-state index in [0.29, 0.717) is 17.2 Å². The quantitative estimate of drug-likeness (QED) is 0.629.